The van der Waals surface area contributed by atoms with Gasteiger partial charge in [0.2, 0.25) is 26.0 Å². The summed E-state index contributed by atoms with van der Waals surface area (Å²) in [5.74, 6) is -1.70. The van der Waals surface area contributed by atoms with E-state index in [1.807, 2.05) is 45.0 Å². The van der Waals surface area contributed by atoms with E-state index in [0.717, 1.165) is 22.0 Å². The fraction of sp³-hybridized carbons (Fsp3) is 0.371. The number of para-hydroxylation sites is 1. The van der Waals surface area contributed by atoms with Gasteiger partial charge in [-0.1, -0.05) is 56.2 Å². The van der Waals surface area contributed by atoms with Crippen LogP contribution in [-0.2, 0) is 36.1 Å². The van der Waals surface area contributed by atoms with E-state index in [0.29, 0.717) is 18.5 Å². The second-order valence-corrected chi connectivity index (χ2v) is 16.2. The second-order valence-electron chi connectivity index (χ2n) is 12.6. The highest BCUT2D eigenvalue weighted by atomic mass is 32.2. The molecule has 6 N–H and O–H groups in total. The van der Waals surface area contributed by atoms with Crippen molar-refractivity contribution in [2.24, 2.45) is 5.92 Å². The summed E-state index contributed by atoms with van der Waals surface area (Å²) in [4.78, 5) is 28.6. The number of nitrogen functional groups attached to an aromatic ring is 1. The third kappa shape index (κ3) is 10.1. The largest absolute Gasteiger partial charge is 0.481 e. The molecule has 14 heteroatoms. The molecule has 2 atom stereocenters. The quantitative estimate of drug-likeness (QED) is 0.0740. The standard InChI is InChI=1S/C35H45N5O7S2/c1-24(2)23-40(49(46,47)30-15-11-25(3)12-16-30)28(21-34(41)42)8-6-7-19-37-35(43)33(20-26-22-38-32-10-5-4-9-31(26)32)39-48(44,45)29-17-13-27(36)14-18-29/h4-5,9-18,22,24,28,33,38-39H,6-8,19-21,23,36H2,1-3H3,(H,37,43)(H,41,42)/t28-,33-/m0/s1. The van der Waals surface area contributed by atoms with Crippen LogP contribution in [-0.4, -0.2) is 68.3 Å². The molecule has 1 aromatic heterocycles. The van der Waals surface area contributed by atoms with Gasteiger partial charge in [-0.05, 0) is 80.1 Å². The molecule has 0 saturated carbocycles. The minimum absolute atomic E-state index is 0.0329. The molecule has 0 radical (unpaired) electrons. The fourth-order valence-corrected chi connectivity index (χ4v) is 8.66. The number of amides is 1. The fourth-order valence-electron chi connectivity index (χ4n) is 5.65. The van der Waals surface area contributed by atoms with Crippen LogP contribution in [0.2, 0.25) is 0 Å². The second kappa shape index (κ2) is 16.4. The number of anilines is 1. The van der Waals surface area contributed by atoms with Gasteiger partial charge in [-0.25, -0.2) is 16.8 Å². The number of carbonyl (C=O) groups excluding carboxylic acids is 1. The lowest BCUT2D eigenvalue weighted by Gasteiger charge is -2.31. The van der Waals surface area contributed by atoms with Crippen molar-refractivity contribution < 1.29 is 31.5 Å². The number of aromatic amines is 1. The smallest absolute Gasteiger partial charge is 0.304 e. The van der Waals surface area contributed by atoms with Crippen molar-refractivity contribution in [1.29, 1.82) is 0 Å². The monoisotopic (exact) mass is 711 g/mol. The Balaban J connectivity index is 1.46. The van der Waals surface area contributed by atoms with Crippen LogP contribution >= 0.6 is 0 Å². The Morgan fingerprint density at radius 1 is 0.918 bits per heavy atom. The van der Waals surface area contributed by atoms with Crippen LogP contribution in [0.5, 0.6) is 0 Å². The number of hydrogen-bond acceptors (Lipinski definition) is 7. The maximum Gasteiger partial charge on any atom is 0.304 e. The zero-order chi connectivity index (χ0) is 35.8. The molecule has 264 valence electrons. The average Bonchev–Trinajstić information content (AvgIpc) is 3.45. The Hall–Kier alpha value is -4.24. The summed E-state index contributed by atoms with van der Waals surface area (Å²) >= 11 is 0. The number of fused-ring (bicyclic) bond motifs is 1. The Morgan fingerprint density at radius 2 is 1.57 bits per heavy atom. The van der Waals surface area contributed by atoms with Crippen molar-refractivity contribution in [1.82, 2.24) is 19.3 Å². The molecule has 1 heterocycles. The van der Waals surface area contributed by atoms with Crippen LogP contribution in [0.15, 0.2) is 88.8 Å². The van der Waals surface area contributed by atoms with Crippen LogP contribution in [0, 0.1) is 12.8 Å². The van der Waals surface area contributed by atoms with E-state index in [4.69, 9.17) is 5.73 Å². The molecule has 3 aromatic carbocycles. The van der Waals surface area contributed by atoms with E-state index in [9.17, 15) is 31.5 Å². The summed E-state index contributed by atoms with van der Waals surface area (Å²) in [5, 5.41) is 13.4. The van der Waals surface area contributed by atoms with Crippen LogP contribution < -0.4 is 15.8 Å². The maximum atomic E-state index is 13.7. The number of rotatable bonds is 18. The van der Waals surface area contributed by atoms with Gasteiger partial charge in [0.15, 0.2) is 0 Å². The number of H-pyrrole nitrogens is 1. The molecule has 4 aromatic rings. The highest BCUT2D eigenvalue weighted by molar-refractivity contribution is 7.89. The van der Waals surface area contributed by atoms with Gasteiger partial charge < -0.3 is 21.1 Å². The van der Waals surface area contributed by atoms with Crippen molar-refractivity contribution in [2.45, 2.75) is 74.7 Å². The van der Waals surface area contributed by atoms with Gasteiger partial charge in [-0.2, -0.15) is 9.03 Å². The SMILES string of the molecule is Cc1ccc(S(=O)(=O)N(CC(C)C)[C@@H](CCCCNC(=O)[C@H](Cc2c[nH]c3ccccc23)NS(=O)(=O)c2ccc(N)cc2)CC(=O)O)cc1. The third-order valence-corrected chi connectivity index (χ3v) is 11.6. The van der Waals surface area contributed by atoms with Crippen molar-refractivity contribution in [3.05, 3.63) is 90.1 Å². The van der Waals surface area contributed by atoms with E-state index in [1.165, 1.54) is 40.7 Å². The number of hydrogen-bond donors (Lipinski definition) is 5. The predicted octanol–water partition coefficient (Wildman–Crippen LogP) is 4.42. The lowest BCUT2D eigenvalue weighted by molar-refractivity contribution is -0.138. The highest BCUT2D eigenvalue weighted by Gasteiger charge is 2.33. The summed E-state index contributed by atoms with van der Waals surface area (Å²) < 4.78 is 57.8. The van der Waals surface area contributed by atoms with E-state index in [1.54, 1.807) is 18.3 Å². The predicted molar refractivity (Wildman–Crippen MR) is 190 cm³/mol. The van der Waals surface area contributed by atoms with Gasteiger partial charge in [-0.3, -0.25) is 9.59 Å². The van der Waals surface area contributed by atoms with E-state index in [2.05, 4.69) is 15.0 Å². The Bertz CT molecular complexity index is 1940. The molecule has 0 spiro atoms. The maximum absolute atomic E-state index is 13.7. The molecule has 0 aliphatic carbocycles. The van der Waals surface area contributed by atoms with Crippen molar-refractivity contribution in [2.75, 3.05) is 18.8 Å². The van der Waals surface area contributed by atoms with Crippen LogP contribution in [0.25, 0.3) is 10.9 Å². The first-order valence-electron chi connectivity index (χ1n) is 16.2. The number of aromatic nitrogens is 1. The Labute approximate surface area is 288 Å². The molecule has 49 heavy (non-hydrogen) atoms. The van der Waals surface area contributed by atoms with Crippen molar-refractivity contribution >= 4 is 48.5 Å². The molecule has 0 saturated heterocycles. The first-order valence-corrected chi connectivity index (χ1v) is 19.1. The third-order valence-electron chi connectivity index (χ3n) is 8.16. The van der Waals surface area contributed by atoms with Gasteiger partial charge in [-0.15, -0.1) is 0 Å². The normalized spacial score (nSPS) is 13.5. The van der Waals surface area contributed by atoms with E-state index < -0.39 is 44.0 Å². The Morgan fingerprint density at radius 3 is 2.22 bits per heavy atom. The van der Waals surface area contributed by atoms with E-state index >= 15 is 0 Å². The van der Waals surface area contributed by atoms with Crippen molar-refractivity contribution in [3.8, 4) is 0 Å². The number of carboxylic acid groups (broad SMARTS) is 1. The van der Waals surface area contributed by atoms with Gasteiger partial charge in [0.1, 0.15) is 6.04 Å². The number of sulfonamides is 2. The zero-order valence-corrected chi connectivity index (χ0v) is 29.6. The number of aliphatic carboxylic acids is 1. The van der Waals surface area contributed by atoms with E-state index in [-0.39, 0.29) is 48.1 Å². The summed E-state index contributed by atoms with van der Waals surface area (Å²) in [6.07, 6.45) is 2.53. The summed E-state index contributed by atoms with van der Waals surface area (Å²) in [6, 6.07) is 17.7. The topological polar surface area (TPSA) is 192 Å². The molecule has 4 rings (SSSR count). The minimum Gasteiger partial charge on any atom is -0.481 e. The summed E-state index contributed by atoms with van der Waals surface area (Å²) in [7, 11) is -8.07. The molecule has 1 amide bonds. The van der Waals surface area contributed by atoms with Crippen LogP contribution in [0.3, 0.4) is 0 Å². The molecule has 0 aliphatic heterocycles. The molecule has 12 nitrogen and oxygen atoms in total. The molecule has 0 unspecified atom stereocenters. The minimum atomic E-state index is -4.09. The van der Waals surface area contributed by atoms with Gasteiger partial charge in [0.05, 0.1) is 16.2 Å². The Kier molecular flexibility index (Phi) is 12.6. The number of carboxylic acids is 1. The molecule has 0 bridgehead atoms. The number of nitrogens with zero attached hydrogens (tertiary/aromatic N) is 1. The lowest BCUT2D eigenvalue weighted by atomic mass is 10.0. The zero-order valence-electron chi connectivity index (χ0n) is 27.9. The molecule has 0 aliphatic rings. The first kappa shape index (κ1) is 37.6. The number of unbranched alkanes of at least 4 members (excludes halogenated alkanes) is 1. The summed E-state index contributed by atoms with van der Waals surface area (Å²) in [6.45, 7) is 5.92. The number of aryl methyl sites for hydroxylation is 1. The average molecular weight is 712 g/mol. The van der Waals surface area contributed by atoms with Crippen LogP contribution in [0.4, 0.5) is 5.69 Å². The number of nitrogens with two attached hydrogens (primary N) is 1. The highest BCUT2D eigenvalue weighted by Crippen LogP contribution is 2.25. The lowest BCUT2D eigenvalue weighted by Crippen LogP contribution is -2.48. The van der Waals surface area contributed by atoms with Gasteiger partial charge >= 0.3 is 5.97 Å². The van der Waals surface area contributed by atoms with Gasteiger partial charge in [0, 0.05) is 41.9 Å². The van der Waals surface area contributed by atoms with Crippen molar-refractivity contribution in [3.63, 3.8) is 0 Å². The number of benzene rings is 3. The van der Waals surface area contributed by atoms with Crippen LogP contribution in [0.1, 0.15) is 50.7 Å². The summed E-state index contributed by atoms with van der Waals surface area (Å²) in [5.41, 5.74) is 8.64. The number of carbonyl (C=O) groups is 2. The first-order chi connectivity index (χ1) is 23.2. The molecule has 0 fully saturated rings. The molecular formula is C35H45N5O7S2. The number of nitrogens with one attached hydrogen (secondary N) is 3. The van der Waals surface area contributed by atoms with Gasteiger partial charge in [0.25, 0.3) is 0 Å². The molecular weight excluding hydrogens is 667 g/mol.